The highest BCUT2D eigenvalue weighted by Crippen LogP contribution is 2.44. The van der Waals surface area contributed by atoms with Crippen LogP contribution in [-0.2, 0) is 12.3 Å². The van der Waals surface area contributed by atoms with Crippen LogP contribution >= 0.6 is 15.8 Å². The van der Waals surface area contributed by atoms with E-state index in [1.165, 1.54) is 0 Å². The molecule has 0 aliphatic rings. The van der Waals surface area contributed by atoms with Crippen LogP contribution in [0.25, 0.3) is 0 Å². The Kier molecular flexibility index (Phi) is 8.28. The van der Waals surface area contributed by atoms with E-state index in [9.17, 15) is 17.6 Å². The molecule has 0 heterocycles. The van der Waals surface area contributed by atoms with E-state index in [0.29, 0.717) is 0 Å². The Hall–Kier alpha value is -0.200. The summed E-state index contributed by atoms with van der Waals surface area (Å²) in [4.78, 5) is 0. The molecule has 22 heavy (non-hydrogen) atoms. The van der Waals surface area contributed by atoms with Crippen molar-refractivity contribution in [2.75, 3.05) is 24.6 Å². The lowest BCUT2D eigenvalue weighted by molar-refractivity contribution is 0.434. The van der Waals surface area contributed by atoms with Crippen LogP contribution in [0.15, 0.2) is 0 Å². The van der Waals surface area contributed by atoms with Gasteiger partial charge < -0.3 is 0 Å². The van der Waals surface area contributed by atoms with Crippen molar-refractivity contribution < 1.29 is 17.6 Å². The Labute approximate surface area is 133 Å². The zero-order valence-electron chi connectivity index (χ0n) is 13.6. The first-order valence-electron chi connectivity index (χ1n) is 7.69. The maximum Gasteiger partial charge on any atom is 0.165 e. The predicted octanol–water partition coefficient (Wildman–Crippen LogP) is 6.29. The maximum atomic E-state index is 14.2. The van der Waals surface area contributed by atoms with Crippen LogP contribution in [0.2, 0.25) is 0 Å². The van der Waals surface area contributed by atoms with Crippen molar-refractivity contribution in [1.82, 2.24) is 0 Å². The molecule has 0 saturated heterocycles. The van der Waals surface area contributed by atoms with Gasteiger partial charge in [-0.15, -0.1) is 15.8 Å². The summed E-state index contributed by atoms with van der Waals surface area (Å²) in [7, 11) is -1.26. The van der Waals surface area contributed by atoms with Gasteiger partial charge in [-0.1, -0.05) is 27.7 Å². The minimum atomic E-state index is -1.19. The fourth-order valence-electron chi connectivity index (χ4n) is 2.34. The van der Waals surface area contributed by atoms with E-state index in [0.717, 1.165) is 24.6 Å². The number of hydrogen-bond donors (Lipinski definition) is 0. The summed E-state index contributed by atoms with van der Waals surface area (Å²) in [5.74, 6) is -4.76. The molecule has 0 radical (unpaired) electrons. The van der Waals surface area contributed by atoms with Crippen molar-refractivity contribution in [2.24, 2.45) is 0 Å². The molecule has 0 bridgehead atoms. The van der Waals surface area contributed by atoms with Crippen LogP contribution < -0.4 is 0 Å². The molecule has 0 N–H and O–H groups in total. The summed E-state index contributed by atoms with van der Waals surface area (Å²) in [6, 6.07) is 0. The third kappa shape index (κ3) is 4.42. The van der Waals surface area contributed by atoms with Gasteiger partial charge in [-0.25, -0.2) is 17.6 Å². The second-order valence-corrected chi connectivity index (χ2v) is 11.0. The zero-order chi connectivity index (χ0) is 16.9. The van der Waals surface area contributed by atoms with Gasteiger partial charge in [0.2, 0.25) is 0 Å². The lowest BCUT2D eigenvalue weighted by atomic mass is 10.1. The second-order valence-electron chi connectivity index (χ2n) is 5.14. The van der Waals surface area contributed by atoms with Gasteiger partial charge in [-0.05, 0) is 37.0 Å². The average molecular weight is 354 g/mol. The van der Waals surface area contributed by atoms with Crippen molar-refractivity contribution in [3.63, 3.8) is 0 Å². The highest BCUT2D eigenvalue weighted by atomic mass is 31.1. The van der Waals surface area contributed by atoms with E-state index in [2.05, 4.69) is 0 Å². The lowest BCUT2D eigenvalue weighted by Gasteiger charge is -2.19. The van der Waals surface area contributed by atoms with Crippen LogP contribution in [0, 0.1) is 23.3 Å². The number of rotatable bonds is 8. The molecule has 0 unspecified atom stereocenters. The second kappa shape index (κ2) is 9.18. The van der Waals surface area contributed by atoms with E-state index in [1.807, 2.05) is 27.7 Å². The predicted molar refractivity (Wildman–Crippen MR) is 89.7 cm³/mol. The van der Waals surface area contributed by atoms with Gasteiger partial charge in [0, 0.05) is 11.1 Å². The van der Waals surface area contributed by atoms with Gasteiger partial charge in [-0.3, -0.25) is 0 Å². The molecule has 6 heteroatoms. The van der Waals surface area contributed by atoms with Crippen molar-refractivity contribution in [2.45, 2.75) is 40.0 Å². The van der Waals surface area contributed by atoms with Crippen LogP contribution in [0.4, 0.5) is 17.6 Å². The van der Waals surface area contributed by atoms with Gasteiger partial charge >= 0.3 is 0 Å². The lowest BCUT2D eigenvalue weighted by Crippen LogP contribution is -2.09. The standard InChI is InChI=1S/C16H24F4P2/c1-5-21(6-2)9-11-13(17)15(19)12(16(20)14(11)18)10-22(7-3)8-4/h5-10H2,1-4H3. The highest BCUT2D eigenvalue weighted by molar-refractivity contribution is 7.57. The molecule has 0 amide bonds. The monoisotopic (exact) mass is 354 g/mol. The summed E-state index contributed by atoms with van der Waals surface area (Å²) in [6.07, 6.45) is 3.34. The molecule has 0 saturated carbocycles. The molecule has 126 valence electrons. The Balaban J connectivity index is 3.25. The first-order chi connectivity index (χ1) is 10.4. The van der Waals surface area contributed by atoms with Gasteiger partial charge in [-0.2, -0.15) is 0 Å². The number of halogens is 4. The molecule has 1 aromatic rings. The highest BCUT2D eigenvalue weighted by Gasteiger charge is 2.27. The Morgan fingerprint density at radius 2 is 0.773 bits per heavy atom. The van der Waals surface area contributed by atoms with Crippen LogP contribution in [0.1, 0.15) is 38.8 Å². The topological polar surface area (TPSA) is 0 Å². The first-order valence-corrected chi connectivity index (χ1v) is 11.5. The molecule has 1 aromatic carbocycles. The Bertz CT molecular complexity index is 423. The van der Waals surface area contributed by atoms with Crippen LogP contribution in [0.3, 0.4) is 0 Å². The third-order valence-corrected chi connectivity index (χ3v) is 9.10. The maximum absolute atomic E-state index is 14.2. The van der Waals surface area contributed by atoms with Crippen molar-refractivity contribution in [3.05, 3.63) is 34.4 Å². The molecular formula is C16H24F4P2. The largest absolute Gasteiger partial charge is 0.203 e. The van der Waals surface area contributed by atoms with Crippen LogP contribution in [-0.4, -0.2) is 24.6 Å². The minimum Gasteiger partial charge on any atom is -0.203 e. The van der Waals surface area contributed by atoms with E-state index < -0.39 is 50.2 Å². The first kappa shape index (κ1) is 19.8. The van der Waals surface area contributed by atoms with Crippen molar-refractivity contribution in [3.8, 4) is 0 Å². The van der Waals surface area contributed by atoms with Crippen LogP contribution in [0.5, 0.6) is 0 Å². The summed E-state index contributed by atoms with van der Waals surface area (Å²) in [5.41, 5.74) is -0.822. The smallest absolute Gasteiger partial charge is 0.165 e. The quantitative estimate of drug-likeness (QED) is 0.292. The summed E-state index contributed by atoms with van der Waals surface area (Å²) >= 11 is 0. The SMILES string of the molecule is CCP(CC)Cc1c(F)c(F)c(CP(CC)CC)c(F)c1F. The molecule has 0 nitrogen and oxygen atoms in total. The molecular weight excluding hydrogens is 330 g/mol. The summed E-state index contributed by atoms with van der Waals surface area (Å²) in [5, 5.41) is 0. The molecule has 0 atom stereocenters. The fourth-order valence-corrected chi connectivity index (χ4v) is 5.58. The van der Waals surface area contributed by atoms with Gasteiger partial charge in [0.05, 0.1) is 0 Å². The normalized spacial score (nSPS) is 11.7. The Morgan fingerprint density at radius 3 is 0.955 bits per heavy atom. The fraction of sp³-hybridized carbons (Fsp3) is 0.625. The van der Waals surface area contributed by atoms with E-state index in [1.54, 1.807) is 0 Å². The van der Waals surface area contributed by atoms with E-state index >= 15 is 0 Å². The number of benzene rings is 1. The third-order valence-electron chi connectivity index (χ3n) is 4.00. The molecule has 1 rings (SSSR count). The molecule has 0 spiro atoms. The minimum absolute atomic E-state index is 0.102. The summed E-state index contributed by atoms with van der Waals surface area (Å²) < 4.78 is 56.9. The number of hydrogen-bond acceptors (Lipinski definition) is 0. The van der Waals surface area contributed by atoms with Gasteiger partial charge in [0.25, 0.3) is 0 Å². The Morgan fingerprint density at radius 1 is 0.545 bits per heavy atom. The van der Waals surface area contributed by atoms with Crippen molar-refractivity contribution >= 4 is 15.8 Å². The van der Waals surface area contributed by atoms with Crippen molar-refractivity contribution in [1.29, 1.82) is 0 Å². The molecule has 0 aliphatic heterocycles. The molecule has 0 aliphatic carbocycles. The zero-order valence-corrected chi connectivity index (χ0v) is 15.4. The van der Waals surface area contributed by atoms with Gasteiger partial charge in [0.1, 0.15) is 0 Å². The molecule has 0 aromatic heterocycles. The molecule has 0 fully saturated rings. The van der Waals surface area contributed by atoms with E-state index in [-0.39, 0.29) is 12.3 Å². The van der Waals surface area contributed by atoms with Gasteiger partial charge in [0.15, 0.2) is 23.3 Å². The summed E-state index contributed by atoms with van der Waals surface area (Å²) in [6.45, 7) is 7.73. The van der Waals surface area contributed by atoms with E-state index in [4.69, 9.17) is 0 Å². The average Bonchev–Trinajstić information content (AvgIpc) is 2.54.